The van der Waals surface area contributed by atoms with Crippen molar-refractivity contribution in [2.45, 2.75) is 33.2 Å². The lowest BCUT2D eigenvalue weighted by Crippen LogP contribution is -2.30. The fourth-order valence-corrected chi connectivity index (χ4v) is 2.42. The lowest BCUT2D eigenvalue weighted by Gasteiger charge is -2.16. The molecule has 5 nitrogen and oxygen atoms in total. The molecule has 0 radical (unpaired) electrons. The number of hydrogen-bond donors (Lipinski definition) is 1. The SMILES string of the molecule is CC[C@@H](NC(=O)c1c(Cl)c(C)nn1C)c1ccc(C)cn1. The molecule has 0 aromatic carbocycles. The molecule has 6 heteroatoms. The molecular formula is C15H19ClN4O. The van der Waals surface area contributed by atoms with E-state index in [0.29, 0.717) is 16.4 Å². The third-order valence-corrected chi connectivity index (χ3v) is 3.82. The third-order valence-electron chi connectivity index (χ3n) is 3.37. The van der Waals surface area contributed by atoms with E-state index in [-0.39, 0.29) is 11.9 Å². The molecule has 0 aliphatic heterocycles. The molecule has 0 bridgehead atoms. The van der Waals surface area contributed by atoms with Crippen molar-refractivity contribution < 1.29 is 4.79 Å². The van der Waals surface area contributed by atoms with Crippen molar-refractivity contribution in [1.29, 1.82) is 0 Å². The summed E-state index contributed by atoms with van der Waals surface area (Å²) < 4.78 is 1.50. The van der Waals surface area contributed by atoms with Gasteiger partial charge in [0.15, 0.2) is 0 Å². The van der Waals surface area contributed by atoms with Crippen LogP contribution in [0.4, 0.5) is 0 Å². The Kier molecular flexibility index (Phi) is 4.63. The highest BCUT2D eigenvalue weighted by Crippen LogP contribution is 2.21. The van der Waals surface area contributed by atoms with Gasteiger partial charge in [0.05, 0.1) is 22.5 Å². The van der Waals surface area contributed by atoms with Gasteiger partial charge in [0.2, 0.25) is 0 Å². The number of amides is 1. The number of carbonyl (C=O) groups is 1. The topological polar surface area (TPSA) is 59.8 Å². The lowest BCUT2D eigenvalue weighted by atomic mass is 10.1. The Bertz CT molecular complexity index is 648. The molecular weight excluding hydrogens is 288 g/mol. The van der Waals surface area contributed by atoms with E-state index in [2.05, 4.69) is 15.4 Å². The summed E-state index contributed by atoms with van der Waals surface area (Å²) in [5.41, 5.74) is 2.95. The van der Waals surface area contributed by atoms with Crippen molar-refractivity contribution >= 4 is 17.5 Å². The maximum Gasteiger partial charge on any atom is 0.271 e. The second kappa shape index (κ2) is 6.26. The van der Waals surface area contributed by atoms with E-state index >= 15 is 0 Å². The van der Waals surface area contributed by atoms with Crippen molar-refractivity contribution in [2.75, 3.05) is 0 Å². The number of hydrogen-bond acceptors (Lipinski definition) is 3. The Balaban J connectivity index is 2.22. The molecule has 0 saturated heterocycles. The number of nitrogens with one attached hydrogen (secondary N) is 1. The van der Waals surface area contributed by atoms with Crippen molar-refractivity contribution in [2.24, 2.45) is 7.05 Å². The Morgan fingerprint density at radius 3 is 2.62 bits per heavy atom. The molecule has 2 aromatic rings. The van der Waals surface area contributed by atoms with Crippen LogP contribution in [0, 0.1) is 13.8 Å². The largest absolute Gasteiger partial charge is 0.342 e. The molecule has 0 spiro atoms. The van der Waals surface area contributed by atoms with Crippen LogP contribution < -0.4 is 5.32 Å². The predicted molar refractivity (Wildman–Crippen MR) is 82.4 cm³/mol. The van der Waals surface area contributed by atoms with Crippen molar-refractivity contribution in [1.82, 2.24) is 20.1 Å². The van der Waals surface area contributed by atoms with Crippen molar-refractivity contribution in [3.8, 4) is 0 Å². The molecule has 2 aromatic heterocycles. The Hall–Kier alpha value is -1.88. The second-order valence-corrected chi connectivity index (χ2v) is 5.44. The van der Waals surface area contributed by atoms with Gasteiger partial charge in [-0.2, -0.15) is 5.10 Å². The van der Waals surface area contributed by atoms with Crippen LogP contribution in [0.2, 0.25) is 5.02 Å². The van der Waals surface area contributed by atoms with Gasteiger partial charge in [-0.25, -0.2) is 0 Å². The predicted octanol–water partition coefficient (Wildman–Crippen LogP) is 2.97. The summed E-state index contributed by atoms with van der Waals surface area (Å²) in [4.78, 5) is 16.8. The summed E-state index contributed by atoms with van der Waals surface area (Å²) in [7, 11) is 1.71. The number of halogens is 1. The zero-order valence-electron chi connectivity index (χ0n) is 12.6. The van der Waals surface area contributed by atoms with Gasteiger partial charge >= 0.3 is 0 Å². The summed E-state index contributed by atoms with van der Waals surface area (Å²) in [5.74, 6) is -0.239. The number of nitrogens with zero attached hydrogens (tertiary/aromatic N) is 3. The summed E-state index contributed by atoms with van der Waals surface area (Å²) >= 11 is 6.14. The Morgan fingerprint density at radius 2 is 2.14 bits per heavy atom. The van der Waals surface area contributed by atoms with Gasteiger partial charge in [0.1, 0.15) is 5.69 Å². The average Bonchev–Trinajstić information content (AvgIpc) is 2.70. The lowest BCUT2D eigenvalue weighted by molar-refractivity contribution is 0.0925. The van der Waals surface area contributed by atoms with Gasteiger partial charge in [-0.05, 0) is 31.9 Å². The average molecular weight is 307 g/mol. The quantitative estimate of drug-likeness (QED) is 0.944. The minimum Gasteiger partial charge on any atom is -0.342 e. The molecule has 1 N–H and O–H groups in total. The van der Waals surface area contributed by atoms with Crippen LogP contribution in [0.15, 0.2) is 18.3 Å². The van der Waals surface area contributed by atoms with E-state index in [1.165, 1.54) is 4.68 Å². The highest BCUT2D eigenvalue weighted by molar-refractivity contribution is 6.34. The van der Waals surface area contributed by atoms with Crippen molar-refractivity contribution in [3.05, 3.63) is 46.0 Å². The fourth-order valence-electron chi connectivity index (χ4n) is 2.18. The first kappa shape index (κ1) is 15.5. The van der Waals surface area contributed by atoms with E-state index in [4.69, 9.17) is 11.6 Å². The molecule has 112 valence electrons. The van der Waals surface area contributed by atoms with Crippen LogP contribution in [-0.4, -0.2) is 20.7 Å². The summed E-state index contributed by atoms with van der Waals surface area (Å²) in [5, 5.41) is 7.51. The summed E-state index contributed by atoms with van der Waals surface area (Å²) in [6, 6.07) is 3.77. The highest BCUT2D eigenvalue weighted by Gasteiger charge is 2.22. The maximum absolute atomic E-state index is 12.4. The molecule has 0 aliphatic rings. The Labute approximate surface area is 129 Å². The second-order valence-electron chi connectivity index (χ2n) is 5.07. The van der Waals surface area contributed by atoms with E-state index in [0.717, 1.165) is 17.7 Å². The first-order chi connectivity index (χ1) is 9.93. The van der Waals surface area contributed by atoms with Crippen LogP contribution >= 0.6 is 11.6 Å². The molecule has 21 heavy (non-hydrogen) atoms. The number of rotatable bonds is 4. The van der Waals surface area contributed by atoms with Gasteiger partial charge in [0.25, 0.3) is 5.91 Å². The van der Waals surface area contributed by atoms with Gasteiger partial charge < -0.3 is 5.32 Å². The van der Waals surface area contributed by atoms with Gasteiger partial charge in [-0.3, -0.25) is 14.5 Å². The van der Waals surface area contributed by atoms with Gasteiger partial charge in [0, 0.05) is 13.2 Å². The number of pyridine rings is 1. The summed E-state index contributed by atoms with van der Waals surface area (Å²) in [6.07, 6.45) is 2.54. The first-order valence-corrected chi connectivity index (χ1v) is 7.24. The molecule has 1 atom stereocenters. The maximum atomic E-state index is 12.4. The molecule has 2 rings (SSSR count). The molecule has 0 aliphatic carbocycles. The van der Waals surface area contributed by atoms with Gasteiger partial charge in [-0.15, -0.1) is 0 Å². The highest BCUT2D eigenvalue weighted by atomic mass is 35.5. The Morgan fingerprint density at radius 1 is 1.43 bits per heavy atom. The normalized spacial score (nSPS) is 12.2. The molecule has 0 saturated carbocycles. The molecule has 0 unspecified atom stereocenters. The fraction of sp³-hybridized carbons (Fsp3) is 0.400. The molecule has 1 amide bonds. The van der Waals surface area contributed by atoms with Crippen LogP contribution in [0.1, 0.15) is 46.8 Å². The van der Waals surface area contributed by atoms with Gasteiger partial charge in [-0.1, -0.05) is 24.6 Å². The van der Waals surface area contributed by atoms with Crippen LogP contribution in [-0.2, 0) is 7.05 Å². The molecule has 2 heterocycles. The third kappa shape index (κ3) is 3.24. The van der Waals surface area contributed by atoms with Crippen LogP contribution in [0.25, 0.3) is 0 Å². The number of carbonyl (C=O) groups excluding carboxylic acids is 1. The van der Waals surface area contributed by atoms with Crippen LogP contribution in [0.3, 0.4) is 0 Å². The monoisotopic (exact) mass is 306 g/mol. The smallest absolute Gasteiger partial charge is 0.271 e. The zero-order valence-corrected chi connectivity index (χ0v) is 13.4. The minimum atomic E-state index is -0.239. The van der Waals surface area contributed by atoms with E-state index in [1.54, 1.807) is 20.2 Å². The van der Waals surface area contributed by atoms with E-state index < -0.39 is 0 Å². The number of aryl methyl sites for hydroxylation is 3. The number of aromatic nitrogens is 3. The van der Waals surface area contributed by atoms with Crippen LogP contribution in [0.5, 0.6) is 0 Å². The van der Waals surface area contributed by atoms with Crippen molar-refractivity contribution in [3.63, 3.8) is 0 Å². The summed E-state index contributed by atoms with van der Waals surface area (Å²) in [6.45, 7) is 5.76. The van der Waals surface area contributed by atoms with E-state index in [9.17, 15) is 4.79 Å². The molecule has 0 fully saturated rings. The standard InChI is InChI=1S/C15H19ClN4O/c1-5-11(12-7-6-9(2)8-17-12)18-15(21)14-13(16)10(3)19-20(14)4/h6-8,11H,5H2,1-4H3,(H,18,21)/t11-/m1/s1. The minimum absolute atomic E-state index is 0.149. The first-order valence-electron chi connectivity index (χ1n) is 6.86. The zero-order chi connectivity index (χ0) is 15.6. The van der Waals surface area contributed by atoms with E-state index in [1.807, 2.05) is 26.0 Å².